The van der Waals surface area contributed by atoms with Crippen LogP contribution in [0.3, 0.4) is 0 Å². The van der Waals surface area contributed by atoms with Gasteiger partial charge in [0.1, 0.15) is 0 Å². The highest BCUT2D eigenvalue weighted by atomic mass is 19.4. The van der Waals surface area contributed by atoms with Gasteiger partial charge in [-0.05, 0) is 18.2 Å². The first-order valence-electron chi connectivity index (χ1n) is 7.04. The van der Waals surface area contributed by atoms with E-state index in [4.69, 9.17) is 5.90 Å². The fraction of sp³-hybridized carbons (Fsp3) is 0.571. The Balaban J connectivity index is 1.92. The van der Waals surface area contributed by atoms with Crippen LogP contribution < -0.4 is 10.8 Å². The molecule has 0 saturated carbocycles. The Labute approximate surface area is 127 Å². The van der Waals surface area contributed by atoms with E-state index < -0.39 is 17.8 Å². The van der Waals surface area contributed by atoms with Gasteiger partial charge < -0.3 is 14.8 Å². The normalized spacial score (nSPS) is 18.5. The van der Waals surface area contributed by atoms with E-state index in [1.54, 1.807) is 6.07 Å². The van der Waals surface area contributed by atoms with E-state index in [9.17, 15) is 18.3 Å². The molecule has 0 spiro atoms. The molecule has 0 bridgehead atoms. The lowest BCUT2D eigenvalue weighted by Gasteiger charge is -2.37. The van der Waals surface area contributed by atoms with Crippen LogP contribution in [0.15, 0.2) is 24.3 Å². The molecule has 1 fully saturated rings. The quantitative estimate of drug-likeness (QED) is 0.795. The minimum atomic E-state index is -4.33. The van der Waals surface area contributed by atoms with E-state index in [-0.39, 0.29) is 6.61 Å². The maximum Gasteiger partial charge on any atom is 0.416 e. The standard InChI is InChI=1S/C14H20F3N3O2/c15-14(16,17)11-2-1-3-12(8-11)20-6-4-19(5-7-20)9-13(21)10-22-18/h1-3,8,13,21H,4-7,9-10,18H2. The first kappa shape index (κ1) is 17.0. The molecular weight excluding hydrogens is 299 g/mol. The summed E-state index contributed by atoms with van der Waals surface area (Å²) in [5.41, 5.74) is -0.0664. The summed E-state index contributed by atoms with van der Waals surface area (Å²) in [4.78, 5) is 8.34. The van der Waals surface area contributed by atoms with Gasteiger partial charge in [0, 0.05) is 38.4 Å². The molecular formula is C14H20F3N3O2. The second-order valence-corrected chi connectivity index (χ2v) is 5.32. The number of hydrogen-bond acceptors (Lipinski definition) is 5. The molecule has 1 saturated heterocycles. The maximum absolute atomic E-state index is 12.7. The third-order valence-electron chi connectivity index (χ3n) is 3.67. The van der Waals surface area contributed by atoms with Gasteiger partial charge in [-0.15, -0.1) is 0 Å². The van der Waals surface area contributed by atoms with Crippen molar-refractivity contribution in [1.82, 2.24) is 4.90 Å². The van der Waals surface area contributed by atoms with Crippen LogP contribution >= 0.6 is 0 Å². The van der Waals surface area contributed by atoms with Gasteiger partial charge in [-0.3, -0.25) is 4.90 Å². The van der Waals surface area contributed by atoms with Crippen molar-refractivity contribution < 1.29 is 23.1 Å². The lowest BCUT2D eigenvalue weighted by Crippen LogP contribution is -2.49. The van der Waals surface area contributed by atoms with Gasteiger partial charge in [0.25, 0.3) is 0 Å². The zero-order valence-electron chi connectivity index (χ0n) is 12.1. The van der Waals surface area contributed by atoms with Crippen molar-refractivity contribution in [2.75, 3.05) is 44.2 Å². The van der Waals surface area contributed by atoms with Gasteiger partial charge >= 0.3 is 6.18 Å². The summed E-state index contributed by atoms with van der Waals surface area (Å²) in [6.07, 6.45) is -4.99. The number of rotatable bonds is 5. The molecule has 0 amide bonds. The number of benzene rings is 1. The van der Waals surface area contributed by atoms with E-state index in [0.717, 1.165) is 6.07 Å². The SMILES string of the molecule is NOCC(O)CN1CCN(c2cccc(C(F)(F)F)c2)CC1. The Kier molecular flexibility index (Phi) is 5.63. The molecule has 8 heteroatoms. The van der Waals surface area contributed by atoms with Crippen LogP contribution in [0.4, 0.5) is 18.9 Å². The Hall–Kier alpha value is -1.35. The van der Waals surface area contributed by atoms with Crippen molar-refractivity contribution in [2.45, 2.75) is 12.3 Å². The zero-order chi connectivity index (χ0) is 16.2. The number of piperazine rings is 1. The molecule has 1 aromatic carbocycles. The van der Waals surface area contributed by atoms with E-state index in [1.807, 2.05) is 9.80 Å². The van der Waals surface area contributed by atoms with Gasteiger partial charge in [-0.25, -0.2) is 5.90 Å². The van der Waals surface area contributed by atoms with E-state index in [0.29, 0.717) is 38.4 Å². The molecule has 1 aliphatic rings. The average molecular weight is 319 g/mol. The Bertz CT molecular complexity index is 477. The summed E-state index contributed by atoms with van der Waals surface area (Å²) in [5, 5.41) is 9.63. The number of nitrogens with two attached hydrogens (primary N) is 1. The molecule has 2 rings (SSSR count). The van der Waals surface area contributed by atoms with Gasteiger partial charge in [-0.2, -0.15) is 13.2 Å². The minimum absolute atomic E-state index is 0.0633. The predicted molar refractivity (Wildman–Crippen MR) is 76.2 cm³/mol. The highest BCUT2D eigenvalue weighted by molar-refractivity contribution is 5.49. The maximum atomic E-state index is 12.7. The monoisotopic (exact) mass is 319 g/mol. The molecule has 0 aliphatic carbocycles. The summed E-state index contributed by atoms with van der Waals surface area (Å²) >= 11 is 0. The topological polar surface area (TPSA) is 62.0 Å². The summed E-state index contributed by atoms with van der Waals surface area (Å²) < 4.78 is 38.2. The fourth-order valence-electron chi connectivity index (χ4n) is 2.53. The minimum Gasteiger partial charge on any atom is -0.389 e. The van der Waals surface area contributed by atoms with Crippen LogP contribution in [0.25, 0.3) is 0 Å². The average Bonchev–Trinajstić information content (AvgIpc) is 2.47. The highest BCUT2D eigenvalue weighted by Gasteiger charge is 2.31. The third kappa shape index (κ3) is 4.57. The third-order valence-corrected chi connectivity index (χ3v) is 3.67. The lowest BCUT2D eigenvalue weighted by atomic mass is 10.1. The molecule has 1 aliphatic heterocycles. The predicted octanol–water partition coefficient (Wildman–Crippen LogP) is 1.08. The molecule has 0 radical (unpaired) electrons. The van der Waals surface area contributed by atoms with E-state index in [2.05, 4.69) is 4.84 Å². The second-order valence-electron chi connectivity index (χ2n) is 5.32. The van der Waals surface area contributed by atoms with Gasteiger partial charge in [-0.1, -0.05) is 6.07 Å². The van der Waals surface area contributed by atoms with E-state index >= 15 is 0 Å². The van der Waals surface area contributed by atoms with Crippen LogP contribution in [-0.2, 0) is 11.0 Å². The summed E-state index contributed by atoms with van der Waals surface area (Å²) in [6.45, 7) is 3.05. The molecule has 22 heavy (non-hydrogen) atoms. The van der Waals surface area contributed by atoms with Crippen molar-refractivity contribution in [1.29, 1.82) is 0 Å². The number of alkyl halides is 3. The highest BCUT2D eigenvalue weighted by Crippen LogP contribution is 2.31. The second kappa shape index (κ2) is 7.28. The van der Waals surface area contributed by atoms with Crippen molar-refractivity contribution in [2.24, 2.45) is 5.90 Å². The molecule has 1 aromatic rings. The van der Waals surface area contributed by atoms with Gasteiger partial charge in [0.2, 0.25) is 0 Å². The Morgan fingerprint density at radius 2 is 1.91 bits per heavy atom. The van der Waals surface area contributed by atoms with Gasteiger partial charge in [0.05, 0.1) is 18.3 Å². The summed E-state index contributed by atoms with van der Waals surface area (Å²) in [7, 11) is 0. The first-order chi connectivity index (χ1) is 10.4. The van der Waals surface area contributed by atoms with Crippen molar-refractivity contribution in [3.05, 3.63) is 29.8 Å². The molecule has 1 atom stereocenters. The molecule has 1 heterocycles. The molecule has 124 valence electrons. The van der Waals surface area contributed by atoms with Crippen LogP contribution in [0.5, 0.6) is 0 Å². The first-order valence-corrected chi connectivity index (χ1v) is 7.04. The number of aliphatic hydroxyl groups is 1. The van der Waals surface area contributed by atoms with Crippen LogP contribution in [-0.4, -0.2) is 55.4 Å². The number of halogens is 3. The number of β-amino-alcohol motifs (C(OH)–C–C–N with tert-alkyl or cyclic N) is 1. The van der Waals surface area contributed by atoms with Crippen molar-refractivity contribution in [3.63, 3.8) is 0 Å². The lowest BCUT2D eigenvalue weighted by molar-refractivity contribution is -0.137. The number of anilines is 1. The largest absolute Gasteiger partial charge is 0.416 e. The Morgan fingerprint density at radius 1 is 1.23 bits per heavy atom. The van der Waals surface area contributed by atoms with E-state index in [1.165, 1.54) is 12.1 Å². The number of hydrogen-bond donors (Lipinski definition) is 2. The molecule has 5 nitrogen and oxygen atoms in total. The smallest absolute Gasteiger partial charge is 0.389 e. The summed E-state index contributed by atoms with van der Waals surface area (Å²) in [5.74, 6) is 4.90. The molecule has 0 aromatic heterocycles. The molecule has 3 N–H and O–H groups in total. The fourth-order valence-corrected chi connectivity index (χ4v) is 2.53. The Morgan fingerprint density at radius 3 is 2.50 bits per heavy atom. The van der Waals surface area contributed by atoms with Crippen LogP contribution in [0.1, 0.15) is 5.56 Å². The van der Waals surface area contributed by atoms with Crippen LogP contribution in [0, 0.1) is 0 Å². The summed E-state index contributed by atoms with van der Waals surface area (Å²) in [6, 6.07) is 5.35. The van der Waals surface area contributed by atoms with Gasteiger partial charge in [0.15, 0.2) is 0 Å². The number of nitrogens with zero attached hydrogens (tertiary/aromatic N) is 2. The van der Waals surface area contributed by atoms with Crippen molar-refractivity contribution in [3.8, 4) is 0 Å². The van der Waals surface area contributed by atoms with Crippen LogP contribution in [0.2, 0.25) is 0 Å². The van der Waals surface area contributed by atoms with Crippen molar-refractivity contribution >= 4 is 5.69 Å². The zero-order valence-corrected chi connectivity index (χ0v) is 12.1. The molecule has 1 unspecified atom stereocenters. The number of aliphatic hydroxyl groups excluding tert-OH is 1.